The Balaban J connectivity index is 1.20. The van der Waals surface area contributed by atoms with Crippen LogP contribution in [-0.4, -0.2) is 48.5 Å². The van der Waals surface area contributed by atoms with E-state index in [2.05, 4.69) is 5.43 Å². The van der Waals surface area contributed by atoms with Gasteiger partial charge in [-0.05, 0) is 43.7 Å². The molecule has 0 saturated carbocycles. The van der Waals surface area contributed by atoms with Gasteiger partial charge in [-0.3, -0.25) is 9.80 Å². The van der Waals surface area contributed by atoms with Crippen molar-refractivity contribution in [3.8, 4) is 0 Å². The maximum Gasteiger partial charge on any atom is 0.325 e. The molecule has 0 aliphatic carbocycles. The van der Waals surface area contributed by atoms with Gasteiger partial charge in [-0.1, -0.05) is 66.7 Å². The molecule has 3 aromatic carbocycles. The molecule has 3 aliphatic rings. The van der Waals surface area contributed by atoms with Crippen LogP contribution in [0.25, 0.3) is 0 Å². The third-order valence-electron chi connectivity index (χ3n) is 7.01. The lowest BCUT2D eigenvalue weighted by molar-refractivity contribution is -0.230. The lowest BCUT2D eigenvalue weighted by Gasteiger charge is -2.29. The van der Waals surface area contributed by atoms with Crippen LogP contribution in [0.1, 0.15) is 25.8 Å². The number of carbonyl (C=O) groups excluding carboxylic acids is 1. The maximum absolute atomic E-state index is 13.1. The van der Waals surface area contributed by atoms with Gasteiger partial charge in [-0.15, -0.1) is 0 Å². The second kappa shape index (κ2) is 10.5. The molecule has 0 amide bonds. The van der Waals surface area contributed by atoms with E-state index in [-0.39, 0.29) is 5.97 Å². The number of fused-ring (bicyclic) bond motifs is 1. The summed E-state index contributed by atoms with van der Waals surface area (Å²) in [5.41, 5.74) is 6.25. The second-order valence-electron chi connectivity index (χ2n) is 10.2. The molecule has 3 heterocycles. The number of nitrogens with zero attached hydrogens (tertiary/aromatic N) is 1. The van der Waals surface area contributed by atoms with Gasteiger partial charge in [0.1, 0.15) is 30.5 Å². The predicted octanol–water partition coefficient (Wildman–Crippen LogP) is 4.48. The normalized spacial score (nSPS) is 29.7. The second-order valence-corrected chi connectivity index (χ2v) is 10.2. The number of hydrogen-bond acceptors (Lipinski definition) is 8. The highest BCUT2D eigenvalue weighted by atomic mass is 16.8. The van der Waals surface area contributed by atoms with E-state index in [0.29, 0.717) is 13.0 Å². The van der Waals surface area contributed by atoms with Crippen molar-refractivity contribution in [3.05, 3.63) is 96.6 Å². The zero-order chi connectivity index (χ0) is 26.1. The van der Waals surface area contributed by atoms with Crippen LogP contribution in [0.15, 0.2) is 91.0 Å². The largest absolute Gasteiger partial charge is 0.458 e. The molecular formula is C30H32N2O6. The van der Waals surface area contributed by atoms with E-state index in [1.54, 1.807) is 0 Å². The van der Waals surface area contributed by atoms with Crippen LogP contribution in [0, 0.1) is 0 Å². The van der Waals surface area contributed by atoms with E-state index < -0.39 is 42.5 Å². The predicted molar refractivity (Wildman–Crippen MR) is 140 cm³/mol. The molecule has 3 saturated heterocycles. The Morgan fingerprint density at radius 2 is 1.47 bits per heavy atom. The fraction of sp³-hybridized carbons (Fsp3) is 0.367. The van der Waals surface area contributed by atoms with Crippen molar-refractivity contribution in [1.29, 1.82) is 0 Å². The first-order valence-electron chi connectivity index (χ1n) is 13.0. The number of benzene rings is 3. The Hall–Kier alpha value is -3.27. The molecule has 8 nitrogen and oxygen atoms in total. The molecule has 38 heavy (non-hydrogen) atoms. The van der Waals surface area contributed by atoms with Gasteiger partial charge in [0.15, 0.2) is 12.1 Å². The number of cyclic esters (lactones) is 1. The minimum atomic E-state index is -0.781. The summed E-state index contributed by atoms with van der Waals surface area (Å²) < 4.78 is 30.7. The van der Waals surface area contributed by atoms with Gasteiger partial charge < -0.3 is 23.7 Å². The summed E-state index contributed by atoms with van der Waals surface area (Å²) in [6.45, 7) is 4.10. The smallest absolute Gasteiger partial charge is 0.325 e. The molecule has 6 rings (SSSR count). The fourth-order valence-electron chi connectivity index (χ4n) is 5.28. The van der Waals surface area contributed by atoms with E-state index in [9.17, 15) is 4.79 Å². The molecular weight excluding hydrogens is 484 g/mol. The highest BCUT2D eigenvalue weighted by Crippen LogP contribution is 2.42. The summed E-state index contributed by atoms with van der Waals surface area (Å²) in [5.74, 6) is -1.12. The van der Waals surface area contributed by atoms with E-state index in [4.69, 9.17) is 23.7 Å². The molecule has 6 atom stereocenters. The average molecular weight is 517 g/mol. The monoisotopic (exact) mass is 516 g/mol. The summed E-state index contributed by atoms with van der Waals surface area (Å²) in [6.07, 6.45) is -2.11. The first kappa shape index (κ1) is 25.0. The fourth-order valence-corrected chi connectivity index (χ4v) is 5.28. The first-order chi connectivity index (χ1) is 18.5. The van der Waals surface area contributed by atoms with E-state index in [1.807, 2.05) is 110 Å². The van der Waals surface area contributed by atoms with Crippen molar-refractivity contribution in [2.75, 3.05) is 5.01 Å². The molecule has 1 N–H and O–H groups in total. The van der Waals surface area contributed by atoms with Crippen molar-refractivity contribution in [3.63, 3.8) is 0 Å². The average Bonchev–Trinajstić information content (AvgIpc) is 3.56. The Bertz CT molecular complexity index is 1190. The number of nitrogens with one attached hydrogen (secondary N) is 1. The number of rotatable bonds is 8. The minimum Gasteiger partial charge on any atom is -0.458 e. The van der Waals surface area contributed by atoms with Gasteiger partial charge in [0.25, 0.3) is 0 Å². The van der Waals surface area contributed by atoms with Crippen LogP contribution in [-0.2, 0) is 35.1 Å². The summed E-state index contributed by atoms with van der Waals surface area (Å²) in [4.78, 5) is 13.1. The third kappa shape index (κ3) is 5.18. The summed E-state index contributed by atoms with van der Waals surface area (Å²) in [5, 5.41) is 1.91. The lowest BCUT2D eigenvalue weighted by Crippen LogP contribution is -2.45. The van der Waals surface area contributed by atoms with Gasteiger partial charge in [0.05, 0.1) is 18.0 Å². The van der Waals surface area contributed by atoms with Crippen LogP contribution in [0.5, 0.6) is 0 Å². The SMILES string of the molecule is CC1(C)O[C@H]2O[C@H]([C@H]3C[C@@H](NN(c4ccccc4)c4ccccc4)C(=O)O3)[C@H](OCc3ccccc3)[C@H]2O1. The maximum atomic E-state index is 13.1. The van der Waals surface area contributed by atoms with E-state index in [0.717, 1.165) is 16.9 Å². The number of esters is 1. The van der Waals surface area contributed by atoms with Gasteiger partial charge in [-0.2, -0.15) is 0 Å². The molecule has 0 spiro atoms. The third-order valence-corrected chi connectivity index (χ3v) is 7.01. The van der Waals surface area contributed by atoms with Crippen LogP contribution < -0.4 is 10.4 Å². The van der Waals surface area contributed by atoms with Crippen molar-refractivity contribution < 1.29 is 28.5 Å². The molecule has 198 valence electrons. The van der Waals surface area contributed by atoms with Crippen molar-refractivity contribution >= 4 is 17.3 Å². The molecule has 8 heteroatoms. The Labute approximate surface area is 222 Å². The van der Waals surface area contributed by atoms with Crippen LogP contribution in [0.2, 0.25) is 0 Å². The molecule has 3 fully saturated rings. The van der Waals surface area contributed by atoms with Crippen LogP contribution in [0.4, 0.5) is 11.4 Å². The standard InChI is InChI=1S/C30H32N2O6/c1-30(2)37-27-26(34-19-20-12-6-3-7-13-20)25(36-29(27)38-30)24-18-23(28(33)35-24)31-32(21-14-8-4-9-15-21)22-16-10-5-11-17-22/h3-17,23-27,29,31H,18-19H2,1-2H3/t23-,24-,25-,26+,27-,29-/m1/s1. The quantitative estimate of drug-likeness (QED) is 0.347. The van der Waals surface area contributed by atoms with Crippen molar-refractivity contribution in [2.24, 2.45) is 0 Å². The first-order valence-corrected chi connectivity index (χ1v) is 13.0. The van der Waals surface area contributed by atoms with Gasteiger partial charge >= 0.3 is 5.97 Å². The Morgan fingerprint density at radius 1 is 0.868 bits per heavy atom. The highest BCUT2D eigenvalue weighted by molar-refractivity contribution is 5.79. The molecule has 0 radical (unpaired) electrons. The number of para-hydroxylation sites is 2. The van der Waals surface area contributed by atoms with Gasteiger partial charge in [0.2, 0.25) is 0 Å². The number of carbonyl (C=O) groups is 1. The zero-order valence-corrected chi connectivity index (χ0v) is 21.4. The highest BCUT2D eigenvalue weighted by Gasteiger charge is 2.59. The van der Waals surface area contributed by atoms with Crippen LogP contribution >= 0.6 is 0 Å². The van der Waals surface area contributed by atoms with E-state index in [1.165, 1.54) is 0 Å². The molecule has 3 aliphatic heterocycles. The number of hydrazine groups is 1. The molecule has 0 unspecified atom stereocenters. The topological polar surface area (TPSA) is 78.5 Å². The van der Waals surface area contributed by atoms with Gasteiger partial charge in [0, 0.05) is 6.42 Å². The Kier molecular flexibility index (Phi) is 6.90. The lowest BCUT2D eigenvalue weighted by atomic mass is 10.0. The number of hydrogen-bond donors (Lipinski definition) is 1. The van der Waals surface area contributed by atoms with Crippen molar-refractivity contribution in [2.45, 2.75) is 69.4 Å². The van der Waals surface area contributed by atoms with E-state index >= 15 is 0 Å². The number of anilines is 2. The van der Waals surface area contributed by atoms with Crippen LogP contribution in [0.3, 0.4) is 0 Å². The Morgan fingerprint density at radius 3 is 2.11 bits per heavy atom. The van der Waals surface area contributed by atoms with Crippen molar-refractivity contribution in [1.82, 2.24) is 5.43 Å². The summed E-state index contributed by atoms with van der Waals surface area (Å²) in [7, 11) is 0. The molecule has 0 aromatic heterocycles. The molecule has 3 aromatic rings. The summed E-state index contributed by atoms with van der Waals surface area (Å²) >= 11 is 0. The number of ether oxygens (including phenoxy) is 5. The zero-order valence-electron chi connectivity index (χ0n) is 21.4. The van der Waals surface area contributed by atoms with Gasteiger partial charge in [-0.25, -0.2) is 5.43 Å². The summed E-state index contributed by atoms with van der Waals surface area (Å²) in [6, 6.07) is 29.1. The minimum absolute atomic E-state index is 0.337. The molecule has 0 bridgehead atoms.